The highest BCUT2D eigenvalue weighted by molar-refractivity contribution is 5.94. The predicted octanol–water partition coefficient (Wildman–Crippen LogP) is 0.720. The second-order valence-corrected chi connectivity index (χ2v) is 6.80. The summed E-state index contributed by atoms with van der Waals surface area (Å²) in [6.45, 7) is -0.244. The molecular formula is C16H18F2N4O4. The molecule has 140 valence electrons. The molecule has 2 saturated heterocycles. The van der Waals surface area contributed by atoms with Crippen molar-refractivity contribution in [1.82, 2.24) is 14.9 Å². The summed E-state index contributed by atoms with van der Waals surface area (Å²) >= 11 is 0. The van der Waals surface area contributed by atoms with Gasteiger partial charge in [0.25, 0.3) is 17.7 Å². The van der Waals surface area contributed by atoms with E-state index < -0.39 is 30.9 Å². The van der Waals surface area contributed by atoms with Crippen molar-refractivity contribution in [1.29, 1.82) is 0 Å². The molecule has 8 nitrogen and oxygen atoms in total. The Balaban J connectivity index is 1.54. The highest BCUT2D eigenvalue weighted by Gasteiger charge is 2.46. The van der Waals surface area contributed by atoms with Crippen LogP contribution in [0.4, 0.5) is 14.6 Å². The van der Waals surface area contributed by atoms with Crippen molar-refractivity contribution in [2.24, 2.45) is 5.92 Å². The molecule has 1 aliphatic carbocycles. The molecule has 4 rings (SSSR count). The molecule has 3 heterocycles. The maximum atomic E-state index is 13.2. The number of hydrogen-bond acceptors (Lipinski definition) is 7. The van der Waals surface area contributed by atoms with Crippen LogP contribution in [0.5, 0.6) is 5.88 Å². The van der Waals surface area contributed by atoms with Crippen LogP contribution in [0.2, 0.25) is 0 Å². The van der Waals surface area contributed by atoms with E-state index in [1.807, 2.05) is 0 Å². The number of hydrogen-bond donors (Lipinski definition) is 0. The highest BCUT2D eigenvalue weighted by Crippen LogP contribution is 2.36. The molecule has 2 aliphatic heterocycles. The maximum Gasteiger partial charge on any atom is 0.325 e. The molecular weight excluding hydrogens is 350 g/mol. The van der Waals surface area contributed by atoms with Crippen LogP contribution in [0.15, 0.2) is 6.20 Å². The Labute approximate surface area is 148 Å². The number of carbonyl (C=O) groups is 2. The lowest BCUT2D eigenvalue weighted by Gasteiger charge is -2.39. The van der Waals surface area contributed by atoms with Gasteiger partial charge in [-0.3, -0.25) is 9.59 Å². The monoisotopic (exact) mass is 368 g/mol. The summed E-state index contributed by atoms with van der Waals surface area (Å²) in [5.41, 5.74) is 0.0153. The Morgan fingerprint density at radius 1 is 1.38 bits per heavy atom. The number of cyclic esters (lactones) is 1. The van der Waals surface area contributed by atoms with E-state index >= 15 is 0 Å². The number of halogens is 2. The fraction of sp³-hybridized carbons (Fsp3) is 0.625. The second kappa shape index (κ2) is 6.33. The minimum Gasteiger partial charge on any atom is -0.475 e. The molecule has 3 aliphatic rings. The smallest absolute Gasteiger partial charge is 0.325 e. The summed E-state index contributed by atoms with van der Waals surface area (Å²) in [6.07, 6.45) is 3.34. The van der Waals surface area contributed by atoms with Gasteiger partial charge >= 0.3 is 5.97 Å². The molecule has 0 bridgehead atoms. The highest BCUT2D eigenvalue weighted by atomic mass is 19.3. The number of nitrogens with zero attached hydrogens (tertiary/aromatic N) is 4. The molecule has 1 amide bonds. The first-order valence-electron chi connectivity index (χ1n) is 8.49. The largest absolute Gasteiger partial charge is 0.475 e. The Morgan fingerprint density at radius 2 is 2.15 bits per heavy atom. The van der Waals surface area contributed by atoms with Crippen molar-refractivity contribution < 1.29 is 27.8 Å². The third-order valence-corrected chi connectivity index (χ3v) is 4.47. The number of ether oxygens (including phenoxy) is 2. The van der Waals surface area contributed by atoms with E-state index in [0.717, 1.165) is 12.8 Å². The van der Waals surface area contributed by atoms with Crippen molar-refractivity contribution in [2.45, 2.75) is 18.8 Å². The molecule has 1 aromatic rings. The molecule has 26 heavy (non-hydrogen) atoms. The first kappa shape index (κ1) is 16.9. The number of carbonyl (C=O) groups excluding carboxylic acids is 2. The molecule has 0 unspecified atom stereocenters. The Bertz CT molecular complexity index is 733. The van der Waals surface area contributed by atoms with E-state index in [1.165, 1.54) is 16.0 Å². The number of esters is 1. The van der Waals surface area contributed by atoms with E-state index in [4.69, 9.17) is 9.47 Å². The van der Waals surface area contributed by atoms with Gasteiger partial charge in [0.1, 0.15) is 13.2 Å². The van der Waals surface area contributed by atoms with Gasteiger partial charge in [0.05, 0.1) is 32.4 Å². The zero-order chi connectivity index (χ0) is 18.3. The Kier molecular flexibility index (Phi) is 4.12. The van der Waals surface area contributed by atoms with Gasteiger partial charge in [0.2, 0.25) is 0 Å². The first-order valence-corrected chi connectivity index (χ1v) is 8.49. The quantitative estimate of drug-likeness (QED) is 0.708. The molecule has 0 N–H and O–H groups in total. The van der Waals surface area contributed by atoms with Crippen molar-refractivity contribution in [3.8, 4) is 5.88 Å². The third kappa shape index (κ3) is 3.54. The first-order chi connectivity index (χ1) is 12.4. The van der Waals surface area contributed by atoms with Gasteiger partial charge in [0, 0.05) is 0 Å². The van der Waals surface area contributed by atoms with Gasteiger partial charge in [-0.15, -0.1) is 0 Å². The second-order valence-electron chi connectivity index (χ2n) is 6.80. The van der Waals surface area contributed by atoms with E-state index in [1.54, 1.807) is 0 Å². The van der Waals surface area contributed by atoms with E-state index in [2.05, 4.69) is 9.97 Å². The van der Waals surface area contributed by atoms with E-state index in [0.29, 0.717) is 12.5 Å². The van der Waals surface area contributed by atoms with Gasteiger partial charge in [-0.1, -0.05) is 0 Å². The average molecular weight is 368 g/mol. The summed E-state index contributed by atoms with van der Waals surface area (Å²) in [4.78, 5) is 34.9. The Hall–Kier alpha value is -2.52. The van der Waals surface area contributed by atoms with Crippen LogP contribution in [-0.4, -0.2) is 72.1 Å². The SMILES string of the molecule is O=C1CN(C(=O)c2cnc(N3CC(F)(F)C3)c(OCC3CC3)n2)CCO1. The summed E-state index contributed by atoms with van der Waals surface area (Å²) in [6, 6.07) is 0. The van der Waals surface area contributed by atoms with Crippen molar-refractivity contribution in [3.05, 3.63) is 11.9 Å². The fourth-order valence-electron chi connectivity index (χ4n) is 2.81. The fourth-order valence-corrected chi connectivity index (χ4v) is 2.81. The standard InChI is InChI=1S/C16H18F2N4O4/c17-16(18)8-22(9-16)13-14(26-7-10-1-2-10)20-11(5-19-13)15(24)21-3-4-25-12(23)6-21/h5,10H,1-4,6-9H2. The van der Waals surface area contributed by atoms with Gasteiger partial charge in [0.15, 0.2) is 11.5 Å². The van der Waals surface area contributed by atoms with Crippen LogP contribution in [0, 0.1) is 5.92 Å². The molecule has 1 aromatic heterocycles. The number of amides is 1. The Morgan fingerprint density at radius 3 is 2.81 bits per heavy atom. The van der Waals surface area contributed by atoms with Crippen LogP contribution in [-0.2, 0) is 9.53 Å². The molecule has 0 radical (unpaired) electrons. The minimum absolute atomic E-state index is 0.0153. The molecule has 0 atom stereocenters. The molecule has 0 spiro atoms. The summed E-state index contributed by atoms with van der Waals surface area (Å²) in [5, 5.41) is 0. The zero-order valence-electron chi connectivity index (χ0n) is 14.0. The summed E-state index contributed by atoms with van der Waals surface area (Å²) in [5.74, 6) is -2.98. The van der Waals surface area contributed by atoms with Gasteiger partial charge in [-0.2, -0.15) is 0 Å². The number of morpholine rings is 1. The molecule has 1 saturated carbocycles. The number of aromatic nitrogens is 2. The lowest BCUT2D eigenvalue weighted by Crippen LogP contribution is -2.56. The van der Waals surface area contributed by atoms with Crippen LogP contribution in [0.3, 0.4) is 0 Å². The zero-order valence-corrected chi connectivity index (χ0v) is 14.0. The third-order valence-electron chi connectivity index (χ3n) is 4.47. The average Bonchev–Trinajstić information content (AvgIpc) is 3.41. The van der Waals surface area contributed by atoms with Gasteiger partial charge in [-0.05, 0) is 18.8 Å². The van der Waals surface area contributed by atoms with Crippen molar-refractivity contribution in [3.63, 3.8) is 0 Å². The molecule has 3 fully saturated rings. The van der Waals surface area contributed by atoms with Crippen LogP contribution in [0.1, 0.15) is 23.3 Å². The number of alkyl halides is 2. The maximum absolute atomic E-state index is 13.2. The topological polar surface area (TPSA) is 84.9 Å². The van der Waals surface area contributed by atoms with Gasteiger partial charge < -0.3 is 19.3 Å². The number of rotatable bonds is 5. The predicted molar refractivity (Wildman–Crippen MR) is 84.3 cm³/mol. The van der Waals surface area contributed by atoms with Crippen LogP contribution in [0.25, 0.3) is 0 Å². The van der Waals surface area contributed by atoms with E-state index in [9.17, 15) is 18.4 Å². The minimum atomic E-state index is -2.75. The lowest BCUT2D eigenvalue weighted by molar-refractivity contribution is -0.149. The van der Waals surface area contributed by atoms with Gasteiger partial charge in [-0.25, -0.2) is 18.7 Å². The van der Waals surface area contributed by atoms with Crippen LogP contribution < -0.4 is 9.64 Å². The van der Waals surface area contributed by atoms with Crippen molar-refractivity contribution in [2.75, 3.05) is 44.3 Å². The van der Waals surface area contributed by atoms with Crippen LogP contribution >= 0.6 is 0 Å². The van der Waals surface area contributed by atoms with E-state index in [-0.39, 0.29) is 37.1 Å². The summed E-state index contributed by atoms with van der Waals surface area (Å²) in [7, 11) is 0. The van der Waals surface area contributed by atoms with Crippen molar-refractivity contribution >= 4 is 17.7 Å². The summed E-state index contributed by atoms with van der Waals surface area (Å²) < 4.78 is 36.8. The number of anilines is 1. The lowest BCUT2D eigenvalue weighted by atomic mass is 10.1. The normalized spacial score (nSPS) is 21.8. The molecule has 0 aromatic carbocycles. The molecule has 10 heteroatoms.